The average molecular weight is 323 g/mol. The highest BCUT2D eigenvalue weighted by Crippen LogP contribution is 2.32. The third kappa shape index (κ3) is 4.51. The molecule has 1 fully saturated rings. The fourth-order valence-corrected chi connectivity index (χ4v) is 2.70. The Balaban J connectivity index is 2.10. The molecule has 0 saturated carbocycles. The number of unbranched alkanes of at least 4 members (excludes halogenated alkanes) is 1. The van der Waals surface area contributed by atoms with Crippen molar-refractivity contribution in [3.05, 3.63) is 35.4 Å². The molecule has 0 radical (unpaired) electrons. The van der Waals surface area contributed by atoms with E-state index in [4.69, 9.17) is 4.74 Å². The van der Waals surface area contributed by atoms with Gasteiger partial charge in [0.1, 0.15) is 12.2 Å². The molecular formula is C17H25NO5. The van der Waals surface area contributed by atoms with E-state index in [0.717, 1.165) is 12.8 Å². The van der Waals surface area contributed by atoms with Gasteiger partial charge in [-0.1, -0.05) is 25.5 Å². The molecule has 6 nitrogen and oxygen atoms in total. The summed E-state index contributed by atoms with van der Waals surface area (Å²) in [6.07, 6.45) is -1.12. The second-order valence-corrected chi connectivity index (χ2v) is 5.88. The highest BCUT2D eigenvalue weighted by Gasteiger charge is 2.36. The predicted molar refractivity (Wildman–Crippen MR) is 85.0 cm³/mol. The molecule has 0 unspecified atom stereocenters. The van der Waals surface area contributed by atoms with E-state index in [1.165, 1.54) is 0 Å². The van der Waals surface area contributed by atoms with Gasteiger partial charge in [0.15, 0.2) is 0 Å². The van der Waals surface area contributed by atoms with Crippen molar-refractivity contribution in [3.8, 4) is 0 Å². The van der Waals surface area contributed by atoms with Crippen molar-refractivity contribution in [3.63, 3.8) is 0 Å². The van der Waals surface area contributed by atoms with Gasteiger partial charge in [-0.25, -0.2) is 0 Å². The molecule has 0 aromatic heterocycles. The summed E-state index contributed by atoms with van der Waals surface area (Å²) < 4.78 is 5.60. The summed E-state index contributed by atoms with van der Waals surface area (Å²) in [4.78, 5) is 12.1. The number of amides is 1. The van der Waals surface area contributed by atoms with Crippen LogP contribution in [0.1, 0.15) is 48.2 Å². The Morgan fingerprint density at radius 1 is 1.35 bits per heavy atom. The maximum atomic E-state index is 12.1. The Morgan fingerprint density at radius 2 is 2.13 bits per heavy atom. The lowest BCUT2D eigenvalue weighted by molar-refractivity contribution is -0.181. The van der Waals surface area contributed by atoms with Crippen LogP contribution in [0.25, 0.3) is 0 Å². The highest BCUT2D eigenvalue weighted by molar-refractivity contribution is 5.94. The van der Waals surface area contributed by atoms with Crippen molar-refractivity contribution >= 4 is 5.91 Å². The van der Waals surface area contributed by atoms with Crippen LogP contribution >= 0.6 is 0 Å². The molecule has 1 aliphatic rings. The lowest BCUT2D eigenvalue weighted by Gasteiger charge is -2.36. The Morgan fingerprint density at radius 3 is 2.83 bits per heavy atom. The Hall–Kier alpha value is -1.47. The van der Waals surface area contributed by atoms with Gasteiger partial charge < -0.3 is 25.4 Å². The standard InChI is InChI=1S/C17H25NO5/c1-2-3-7-18-17(22)12-6-4-5-11(8-12)16-14(21)9-13(20)15(10-19)23-16/h4-6,8,13-16,19-21H,2-3,7,9-10H2,1H3,(H,18,22)/t13-,14-,15+,16+/m0/s1. The van der Waals surface area contributed by atoms with E-state index >= 15 is 0 Å². The second-order valence-electron chi connectivity index (χ2n) is 5.88. The molecule has 6 heteroatoms. The van der Waals surface area contributed by atoms with Crippen LogP contribution in [0, 0.1) is 0 Å². The fraction of sp³-hybridized carbons (Fsp3) is 0.588. The molecule has 1 aromatic carbocycles. The predicted octanol–water partition coefficient (Wildman–Crippen LogP) is 0.761. The molecule has 0 spiro atoms. The minimum Gasteiger partial charge on any atom is -0.394 e. The lowest BCUT2D eigenvalue weighted by atomic mass is 9.93. The summed E-state index contributed by atoms with van der Waals surface area (Å²) in [5.74, 6) is -0.163. The molecule has 4 N–H and O–H groups in total. The van der Waals surface area contributed by atoms with Crippen LogP contribution in [0.3, 0.4) is 0 Å². The monoisotopic (exact) mass is 323 g/mol. The van der Waals surface area contributed by atoms with Crippen LogP contribution in [-0.2, 0) is 4.74 Å². The molecule has 1 amide bonds. The molecule has 2 rings (SSSR count). The summed E-state index contributed by atoms with van der Waals surface area (Å²) in [5.41, 5.74) is 1.16. The van der Waals surface area contributed by atoms with Gasteiger partial charge >= 0.3 is 0 Å². The van der Waals surface area contributed by atoms with Gasteiger partial charge in [-0.15, -0.1) is 0 Å². The number of aliphatic hydroxyl groups is 3. The fourth-order valence-electron chi connectivity index (χ4n) is 2.70. The van der Waals surface area contributed by atoms with Gasteiger partial charge in [0, 0.05) is 18.5 Å². The molecule has 1 aliphatic heterocycles. The lowest BCUT2D eigenvalue weighted by Crippen LogP contribution is -2.44. The Kier molecular flexibility index (Phi) is 6.53. The number of nitrogens with one attached hydrogen (secondary N) is 1. The number of ether oxygens (including phenoxy) is 1. The maximum absolute atomic E-state index is 12.1. The van der Waals surface area contributed by atoms with E-state index in [1.807, 2.05) is 0 Å². The van der Waals surface area contributed by atoms with Crippen LogP contribution in [-0.4, -0.2) is 52.7 Å². The number of hydrogen-bond acceptors (Lipinski definition) is 5. The van der Waals surface area contributed by atoms with E-state index in [0.29, 0.717) is 17.7 Å². The zero-order chi connectivity index (χ0) is 16.8. The summed E-state index contributed by atoms with van der Waals surface area (Å²) in [5, 5.41) is 32.0. The first-order valence-corrected chi connectivity index (χ1v) is 8.07. The van der Waals surface area contributed by atoms with Crippen molar-refractivity contribution in [1.29, 1.82) is 0 Å². The van der Waals surface area contributed by atoms with Gasteiger partial charge in [0.2, 0.25) is 0 Å². The van der Waals surface area contributed by atoms with Crippen LogP contribution in [0.5, 0.6) is 0 Å². The van der Waals surface area contributed by atoms with Gasteiger partial charge in [0.25, 0.3) is 5.91 Å². The van der Waals surface area contributed by atoms with Crippen LogP contribution < -0.4 is 5.32 Å². The zero-order valence-electron chi connectivity index (χ0n) is 13.3. The first-order valence-electron chi connectivity index (χ1n) is 8.07. The largest absolute Gasteiger partial charge is 0.394 e. The Bertz CT molecular complexity index is 521. The summed E-state index contributed by atoms with van der Waals surface area (Å²) in [7, 11) is 0. The molecule has 1 aromatic rings. The van der Waals surface area contributed by atoms with E-state index in [2.05, 4.69) is 12.2 Å². The average Bonchev–Trinajstić information content (AvgIpc) is 2.55. The van der Waals surface area contributed by atoms with E-state index in [1.54, 1.807) is 24.3 Å². The number of rotatable bonds is 6. The minimum absolute atomic E-state index is 0.128. The molecular weight excluding hydrogens is 298 g/mol. The van der Waals surface area contributed by atoms with Crippen LogP contribution in [0.2, 0.25) is 0 Å². The maximum Gasteiger partial charge on any atom is 0.251 e. The molecule has 128 valence electrons. The quantitative estimate of drug-likeness (QED) is 0.579. The van der Waals surface area contributed by atoms with Crippen molar-refractivity contribution in [2.24, 2.45) is 0 Å². The van der Waals surface area contributed by atoms with E-state index in [-0.39, 0.29) is 18.9 Å². The highest BCUT2D eigenvalue weighted by atomic mass is 16.5. The van der Waals surface area contributed by atoms with Crippen molar-refractivity contribution in [2.75, 3.05) is 13.2 Å². The number of benzene rings is 1. The zero-order valence-corrected chi connectivity index (χ0v) is 13.3. The van der Waals surface area contributed by atoms with Gasteiger partial charge in [-0.3, -0.25) is 4.79 Å². The van der Waals surface area contributed by atoms with Crippen molar-refractivity contribution < 1.29 is 24.9 Å². The molecule has 1 heterocycles. The number of aliphatic hydroxyl groups excluding tert-OH is 3. The third-order valence-corrected chi connectivity index (χ3v) is 4.06. The molecule has 0 bridgehead atoms. The SMILES string of the molecule is CCCCNC(=O)c1cccc([C@H]2O[C@H](CO)[C@@H](O)C[C@@H]2O)c1. The van der Waals surface area contributed by atoms with Gasteiger partial charge in [0.05, 0.1) is 18.8 Å². The summed E-state index contributed by atoms with van der Waals surface area (Å²) >= 11 is 0. The third-order valence-electron chi connectivity index (χ3n) is 4.06. The second kappa shape index (κ2) is 8.40. The van der Waals surface area contributed by atoms with E-state index < -0.39 is 24.4 Å². The molecule has 23 heavy (non-hydrogen) atoms. The van der Waals surface area contributed by atoms with Crippen LogP contribution in [0.4, 0.5) is 0 Å². The normalized spacial score (nSPS) is 27.7. The van der Waals surface area contributed by atoms with E-state index in [9.17, 15) is 20.1 Å². The van der Waals surface area contributed by atoms with Crippen LogP contribution in [0.15, 0.2) is 24.3 Å². The van der Waals surface area contributed by atoms with Crippen molar-refractivity contribution in [1.82, 2.24) is 5.32 Å². The minimum atomic E-state index is -0.897. The van der Waals surface area contributed by atoms with Crippen molar-refractivity contribution in [2.45, 2.75) is 50.6 Å². The first kappa shape index (κ1) is 17.9. The topological polar surface area (TPSA) is 99.0 Å². The Labute approximate surface area is 136 Å². The summed E-state index contributed by atoms with van der Waals surface area (Å²) in [6.45, 7) is 2.36. The molecule has 0 aliphatic carbocycles. The number of hydrogen-bond donors (Lipinski definition) is 4. The smallest absolute Gasteiger partial charge is 0.251 e. The number of carbonyl (C=O) groups excluding carboxylic acids is 1. The number of carbonyl (C=O) groups is 1. The first-order chi connectivity index (χ1) is 11.1. The molecule has 4 atom stereocenters. The molecule has 1 saturated heterocycles. The van der Waals surface area contributed by atoms with Gasteiger partial charge in [-0.05, 0) is 24.1 Å². The van der Waals surface area contributed by atoms with Gasteiger partial charge in [-0.2, -0.15) is 0 Å². The summed E-state index contributed by atoms with van der Waals surface area (Å²) in [6, 6.07) is 6.89.